The first-order valence-corrected chi connectivity index (χ1v) is 8.46. The van der Waals surface area contributed by atoms with Gasteiger partial charge in [-0.1, -0.05) is 11.6 Å². The summed E-state index contributed by atoms with van der Waals surface area (Å²) in [6, 6.07) is 7.50. The highest BCUT2D eigenvalue weighted by Gasteiger charge is 2.25. The molecule has 1 saturated heterocycles. The summed E-state index contributed by atoms with van der Waals surface area (Å²) < 4.78 is 3.45. The number of rotatable bonds is 4. The average molecular weight is 344 g/mol. The largest absolute Gasteiger partial charge is 0.293 e. The minimum absolute atomic E-state index is 0.0969. The molecule has 124 valence electrons. The minimum atomic E-state index is -0.0969. The Kier molecular flexibility index (Phi) is 4.08. The molecule has 1 aliphatic heterocycles. The summed E-state index contributed by atoms with van der Waals surface area (Å²) in [6.07, 6.45) is 7.69. The number of fused-ring (bicyclic) bond motifs is 1. The summed E-state index contributed by atoms with van der Waals surface area (Å²) in [5.74, 6) is 0. The van der Waals surface area contributed by atoms with Crippen molar-refractivity contribution in [1.29, 1.82) is 0 Å². The van der Waals surface area contributed by atoms with Gasteiger partial charge in [0.15, 0.2) is 0 Å². The van der Waals surface area contributed by atoms with Crippen LogP contribution in [-0.4, -0.2) is 36.7 Å². The molecule has 0 saturated carbocycles. The fraction of sp³-hybridized carbons (Fsp3) is 0.353. The Balaban J connectivity index is 1.57. The molecule has 0 spiro atoms. The minimum Gasteiger partial charge on any atom is -0.293 e. The van der Waals surface area contributed by atoms with Gasteiger partial charge in [-0.05, 0) is 37.6 Å². The Morgan fingerprint density at radius 3 is 3.08 bits per heavy atom. The van der Waals surface area contributed by atoms with Crippen molar-refractivity contribution in [2.75, 3.05) is 6.54 Å². The van der Waals surface area contributed by atoms with Gasteiger partial charge < -0.3 is 0 Å². The lowest BCUT2D eigenvalue weighted by Crippen LogP contribution is -2.33. The molecule has 1 unspecified atom stereocenters. The smallest absolute Gasteiger partial charge is 0.258 e. The number of nitrogens with zero attached hydrogens (tertiary/aromatic N) is 5. The van der Waals surface area contributed by atoms with Crippen molar-refractivity contribution in [2.24, 2.45) is 0 Å². The quantitative estimate of drug-likeness (QED) is 0.729. The van der Waals surface area contributed by atoms with Crippen LogP contribution >= 0.6 is 11.6 Å². The third kappa shape index (κ3) is 3.07. The molecule has 1 fully saturated rings. The molecule has 0 aliphatic carbocycles. The molecule has 3 aromatic rings. The SMILES string of the molecule is O=c1cc(CN2CCCC2Cn2cccn2)nc2ccc(Cl)cn12. The lowest BCUT2D eigenvalue weighted by Gasteiger charge is -2.24. The van der Waals surface area contributed by atoms with Gasteiger partial charge in [0.25, 0.3) is 5.56 Å². The van der Waals surface area contributed by atoms with Gasteiger partial charge in [-0.2, -0.15) is 5.10 Å². The summed E-state index contributed by atoms with van der Waals surface area (Å²) in [4.78, 5) is 19.3. The van der Waals surface area contributed by atoms with E-state index in [0.29, 0.717) is 23.3 Å². The van der Waals surface area contributed by atoms with Crippen LogP contribution in [-0.2, 0) is 13.1 Å². The lowest BCUT2D eigenvalue weighted by atomic mass is 10.2. The number of aromatic nitrogens is 4. The maximum atomic E-state index is 12.3. The lowest BCUT2D eigenvalue weighted by molar-refractivity contribution is 0.217. The number of pyridine rings is 1. The van der Waals surface area contributed by atoms with Crippen LogP contribution in [0, 0.1) is 0 Å². The fourth-order valence-electron chi connectivity index (χ4n) is 3.35. The van der Waals surface area contributed by atoms with Crippen molar-refractivity contribution < 1.29 is 0 Å². The molecule has 7 heteroatoms. The van der Waals surface area contributed by atoms with Crippen LogP contribution in [0.25, 0.3) is 5.65 Å². The van der Waals surface area contributed by atoms with Crippen molar-refractivity contribution in [3.63, 3.8) is 0 Å². The molecular formula is C17H18ClN5O. The van der Waals surface area contributed by atoms with Crippen molar-refractivity contribution >= 4 is 17.2 Å². The van der Waals surface area contributed by atoms with E-state index >= 15 is 0 Å². The van der Waals surface area contributed by atoms with E-state index in [2.05, 4.69) is 15.0 Å². The van der Waals surface area contributed by atoms with Crippen LogP contribution in [0.4, 0.5) is 0 Å². The van der Waals surface area contributed by atoms with E-state index < -0.39 is 0 Å². The summed E-state index contributed by atoms with van der Waals surface area (Å²) in [5, 5.41) is 4.82. The van der Waals surface area contributed by atoms with Gasteiger partial charge in [0.2, 0.25) is 0 Å². The molecule has 4 rings (SSSR count). The maximum absolute atomic E-state index is 12.3. The van der Waals surface area contributed by atoms with Gasteiger partial charge in [0, 0.05) is 37.2 Å². The third-order valence-electron chi connectivity index (χ3n) is 4.50. The molecule has 3 aromatic heterocycles. The second-order valence-electron chi connectivity index (χ2n) is 6.16. The zero-order valence-electron chi connectivity index (χ0n) is 13.2. The van der Waals surface area contributed by atoms with Gasteiger partial charge in [-0.25, -0.2) is 4.98 Å². The molecule has 0 N–H and O–H groups in total. The molecule has 0 aromatic carbocycles. The van der Waals surface area contributed by atoms with Crippen LogP contribution in [0.3, 0.4) is 0 Å². The van der Waals surface area contributed by atoms with E-state index in [1.807, 2.05) is 16.9 Å². The van der Waals surface area contributed by atoms with E-state index in [9.17, 15) is 4.79 Å². The summed E-state index contributed by atoms with van der Waals surface area (Å²) in [5.41, 5.74) is 1.33. The number of hydrogen-bond acceptors (Lipinski definition) is 4. The summed E-state index contributed by atoms with van der Waals surface area (Å²) in [6.45, 7) is 2.57. The van der Waals surface area contributed by atoms with Gasteiger partial charge in [-0.15, -0.1) is 0 Å². The highest BCUT2D eigenvalue weighted by molar-refractivity contribution is 6.30. The van der Waals surface area contributed by atoms with E-state index in [1.165, 1.54) is 4.40 Å². The van der Waals surface area contributed by atoms with Crippen LogP contribution < -0.4 is 5.56 Å². The van der Waals surface area contributed by atoms with Crippen molar-refractivity contribution in [3.05, 3.63) is 63.9 Å². The average Bonchev–Trinajstić information content (AvgIpc) is 3.21. The molecular weight excluding hydrogens is 326 g/mol. The predicted octanol–water partition coefficient (Wildman–Crippen LogP) is 2.21. The Labute approximate surface area is 144 Å². The van der Waals surface area contributed by atoms with Crippen LogP contribution in [0.1, 0.15) is 18.5 Å². The van der Waals surface area contributed by atoms with Gasteiger partial charge in [0.1, 0.15) is 5.65 Å². The highest BCUT2D eigenvalue weighted by atomic mass is 35.5. The first-order valence-electron chi connectivity index (χ1n) is 8.08. The van der Waals surface area contributed by atoms with Crippen LogP contribution in [0.2, 0.25) is 5.02 Å². The topological polar surface area (TPSA) is 55.4 Å². The van der Waals surface area contributed by atoms with E-state index in [-0.39, 0.29) is 5.56 Å². The monoisotopic (exact) mass is 343 g/mol. The van der Waals surface area contributed by atoms with Crippen molar-refractivity contribution in [2.45, 2.75) is 32.0 Å². The third-order valence-corrected chi connectivity index (χ3v) is 4.72. The molecule has 1 atom stereocenters. The zero-order valence-corrected chi connectivity index (χ0v) is 13.9. The maximum Gasteiger partial charge on any atom is 0.258 e. The van der Waals surface area contributed by atoms with Crippen molar-refractivity contribution in [3.8, 4) is 0 Å². The molecule has 4 heterocycles. The highest BCUT2D eigenvalue weighted by Crippen LogP contribution is 2.20. The van der Waals surface area contributed by atoms with Crippen LogP contribution in [0.15, 0.2) is 47.7 Å². The normalized spacial score (nSPS) is 18.5. The number of hydrogen-bond donors (Lipinski definition) is 0. The first kappa shape index (κ1) is 15.4. The summed E-state index contributed by atoms with van der Waals surface area (Å²) in [7, 11) is 0. The summed E-state index contributed by atoms with van der Waals surface area (Å²) >= 11 is 5.95. The standard InChI is InChI=1S/C17H18ClN5O/c18-13-4-5-16-20-14(9-17(24)23(16)10-13)11-21-7-1-3-15(21)12-22-8-2-6-19-22/h2,4-6,8-10,15H,1,3,7,11-12H2. The second-order valence-corrected chi connectivity index (χ2v) is 6.59. The molecule has 24 heavy (non-hydrogen) atoms. The predicted molar refractivity (Wildman–Crippen MR) is 92.1 cm³/mol. The molecule has 1 aliphatic rings. The Morgan fingerprint density at radius 2 is 2.25 bits per heavy atom. The first-order chi connectivity index (χ1) is 11.7. The van der Waals surface area contributed by atoms with Gasteiger partial charge in [0.05, 0.1) is 17.3 Å². The molecule has 6 nitrogen and oxygen atoms in total. The molecule has 0 bridgehead atoms. The Hall–Kier alpha value is -2.18. The molecule has 0 radical (unpaired) electrons. The number of halogens is 1. The Bertz CT molecular complexity index is 905. The van der Waals surface area contributed by atoms with Crippen molar-refractivity contribution in [1.82, 2.24) is 24.1 Å². The van der Waals surface area contributed by atoms with Crippen LogP contribution in [0.5, 0.6) is 0 Å². The van der Waals surface area contributed by atoms with Gasteiger partial charge in [-0.3, -0.25) is 18.8 Å². The molecule has 0 amide bonds. The second kappa shape index (κ2) is 6.37. The number of likely N-dealkylation sites (tertiary alicyclic amines) is 1. The van der Waals surface area contributed by atoms with Gasteiger partial charge >= 0.3 is 0 Å². The van der Waals surface area contributed by atoms with E-state index in [4.69, 9.17) is 11.6 Å². The van der Waals surface area contributed by atoms with E-state index in [0.717, 1.165) is 31.6 Å². The fourth-order valence-corrected chi connectivity index (χ4v) is 3.51. The zero-order chi connectivity index (χ0) is 16.5. The Morgan fingerprint density at radius 1 is 1.33 bits per heavy atom. The van der Waals surface area contributed by atoms with E-state index in [1.54, 1.807) is 30.6 Å².